The molecule has 3 nitrogen and oxygen atoms in total. The van der Waals surface area contributed by atoms with Gasteiger partial charge >= 0.3 is 0 Å². The van der Waals surface area contributed by atoms with Crippen LogP contribution in [0.5, 0.6) is 0 Å². The van der Waals surface area contributed by atoms with Crippen LogP contribution in [-0.4, -0.2) is 16.5 Å². The first-order valence-electron chi connectivity index (χ1n) is 7.03. The number of hydrogen-bond donors (Lipinski definition) is 1. The molecule has 0 fully saturated rings. The van der Waals surface area contributed by atoms with E-state index in [1.54, 1.807) is 0 Å². The second kappa shape index (κ2) is 6.84. The molecule has 0 aliphatic rings. The van der Waals surface area contributed by atoms with Crippen molar-refractivity contribution >= 4 is 21.7 Å². The molecule has 0 saturated carbocycles. The number of halogens is 1. The zero-order valence-electron chi connectivity index (χ0n) is 12.2. The highest BCUT2D eigenvalue weighted by Gasteiger charge is 2.13. The third kappa shape index (κ3) is 3.18. The summed E-state index contributed by atoms with van der Waals surface area (Å²) >= 11 is 3.62. The number of anilines is 1. The second-order valence-corrected chi connectivity index (χ2v) is 5.54. The summed E-state index contributed by atoms with van der Waals surface area (Å²) < 4.78 is 0.985. The molecule has 0 saturated heterocycles. The molecule has 4 heteroatoms. The maximum atomic E-state index is 4.74. The summed E-state index contributed by atoms with van der Waals surface area (Å²) in [4.78, 5) is 9.40. The summed E-state index contributed by atoms with van der Waals surface area (Å²) in [7, 11) is 0. The monoisotopic (exact) mass is 333 g/mol. The highest BCUT2D eigenvalue weighted by atomic mass is 79.9. The summed E-state index contributed by atoms with van der Waals surface area (Å²) in [6.07, 6.45) is 2.01. The fraction of sp³-hybridized carbons (Fsp3) is 0.375. The molecule has 0 aliphatic carbocycles. The number of aryl methyl sites for hydroxylation is 2. The Morgan fingerprint density at radius 2 is 1.90 bits per heavy atom. The minimum Gasteiger partial charge on any atom is -0.369 e. The van der Waals surface area contributed by atoms with E-state index in [1.807, 2.05) is 12.1 Å². The maximum Gasteiger partial charge on any atom is 0.162 e. The average Bonchev–Trinajstić information content (AvgIpc) is 2.44. The minimum absolute atomic E-state index is 0.797. The average molecular weight is 334 g/mol. The summed E-state index contributed by atoms with van der Waals surface area (Å²) in [5, 5.41) is 3.31. The van der Waals surface area contributed by atoms with Crippen molar-refractivity contribution in [2.45, 2.75) is 33.6 Å². The lowest BCUT2D eigenvalue weighted by atomic mass is 10.1. The molecule has 0 unspecified atom stereocenters. The van der Waals surface area contributed by atoms with Gasteiger partial charge in [0.1, 0.15) is 5.82 Å². The smallest absolute Gasteiger partial charge is 0.162 e. The molecule has 1 aromatic heterocycles. The number of benzene rings is 1. The Bertz CT molecular complexity index is 569. The largest absolute Gasteiger partial charge is 0.369 e. The molecule has 20 heavy (non-hydrogen) atoms. The van der Waals surface area contributed by atoms with Crippen molar-refractivity contribution in [3.8, 4) is 11.4 Å². The van der Waals surface area contributed by atoms with Gasteiger partial charge in [0.25, 0.3) is 0 Å². The van der Waals surface area contributed by atoms with Crippen molar-refractivity contribution in [3.05, 3.63) is 40.0 Å². The van der Waals surface area contributed by atoms with E-state index in [9.17, 15) is 0 Å². The van der Waals surface area contributed by atoms with E-state index < -0.39 is 0 Å². The number of rotatable bonds is 5. The van der Waals surface area contributed by atoms with E-state index in [0.717, 1.165) is 46.8 Å². The zero-order valence-corrected chi connectivity index (χ0v) is 13.8. The molecular weight excluding hydrogens is 314 g/mol. The number of nitrogens with zero attached hydrogens (tertiary/aromatic N) is 2. The Balaban J connectivity index is 2.56. The van der Waals surface area contributed by atoms with Gasteiger partial charge in [-0.25, -0.2) is 9.97 Å². The lowest BCUT2D eigenvalue weighted by molar-refractivity contribution is 0.867. The van der Waals surface area contributed by atoms with Crippen molar-refractivity contribution in [2.24, 2.45) is 0 Å². The molecule has 1 aromatic carbocycles. The molecule has 0 bridgehead atoms. The fourth-order valence-electron chi connectivity index (χ4n) is 2.12. The molecule has 1 heterocycles. The van der Waals surface area contributed by atoms with Crippen LogP contribution in [0.4, 0.5) is 5.82 Å². The molecule has 0 spiro atoms. The van der Waals surface area contributed by atoms with Crippen LogP contribution in [0.1, 0.15) is 31.5 Å². The van der Waals surface area contributed by atoms with E-state index in [0.29, 0.717) is 0 Å². The van der Waals surface area contributed by atoms with Crippen LogP contribution < -0.4 is 5.32 Å². The van der Waals surface area contributed by atoms with Crippen LogP contribution >= 0.6 is 15.9 Å². The highest BCUT2D eigenvalue weighted by molar-refractivity contribution is 9.10. The molecule has 0 radical (unpaired) electrons. The van der Waals surface area contributed by atoms with Crippen LogP contribution in [0.15, 0.2) is 28.7 Å². The van der Waals surface area contributed by atoms with Crippen LogP contribution in [0, 0.1) is 6.92 Å². The van der Waals surface area contributed by atoms with E-state index in [-0.39, 0.29) is 0 Å². The van der Waals surface area contributed by atoms with Crippen molar-refractivity contribution in [2.75, 3.05) is 11.9 Å². The van der Waals surface area contributed by atoms with Crippen molar-refractivity contribution in [3.63, 3.8) is 0 Å². The normalized spacial score (nSPS) is 10.6. The van der Waals surface area contributed by atoms with Gasteiger partial charge in [0.2, 0.25) is 0 Å². The highest BCUT2D eigenvalue weighted by Crippen LogP contribution is 2.29. The number of hydrogen-bond acceptors (Lipinski definition) is 3. The zero-order chi connectivity index (χ0) is 14.5. The van der Waals surface area contributed by atoms with Gasteiger partial charge in [-0.1, -0.05) is 37.6 Å². The maximum absolute atomic E-state index is 4.74. The Morgan fingerprint density at radius 3 is 2.55 bits per heavy atom. The topological polar surface area (TPSA) is 37.8 Å². The van der Waals surface area contributed by atoms with Crippen molar-refractivity contribution in [1.29, 1.82) is 0 Å². The molecule has 0 atom stereocenters. The van der Waals surface area contributed by atoms with Gasteiger partial charge in [0, 0.05) is 12.1 Å². The lowest BCUT2D eigenvalue weighted by Crippen LogP contribution is -2.06. The Morgan fingerprint density at radius 1 is 1.15 bits per heavy atom. The van der Waals surface area contributed by atoms with Crippen LogP contribution in [0.25, 0.3) is 11.4 Å². The van der Waals surface area contributed by atoms with Gasteiger partial charge < -0.3 is 5.32 Å². The predicted octanol–water partition coefficient (Wildman–Crippen LogP) is 4.60. The number of aromatic nitrogens is 2. The third-order valence-corrected chi connectivity index (χ3v) is 3.97. The summed E-state index contributed by atoms with van der Waals surface area (Å²) in [5.74, 6) is 1.68. The number of nitrogens with one attached hydrogen (secondary N) is 1. The first kappa shape index (κ1) is 15.0. The summed E-state index contributed by atoms with van der Waals surface area (Å²) in [5.41, 5.74) is 3.35. The molecular formula is C16H20BrN3. The molecule has 2 aromatic rings. The first-order chi connectivity index (χ1) is 9.67. The van der Waals surface area contributed by atoms with Gasteiger partial charge in [0.05, 0.1) is 10.2 Å². The molecule has 2 rings (SSSR count). The first-order valence-corrected chi connectivity index (χ1v) is 7.83. The Kier molecular flexibility index (Phi) is 5.12. The SMILES string of the molecule is CCCc1nc(-c2ccccc2C)nc(NCC)c1Br. The van der Waals surface area contributed by atoms with Gasteiger partial charge in [-0.2, -0.15) is 0 Å². The van der Waals surface area contributed by atoms with E-state index in [4.69, 9.17) is 4.98 Å². The van der Waals surface area contributed by atoms with Gasteiger partial charge in [-0.05, 0) is 41.8 Å². The summed E-state index contributed by atoms with van der Waals surface area (Å²) in [6, 6.07) is 8.23. The Hall–Kier alpha value is -1.42. The predicted molar refractivity (Wildman–Crippen MR) is 88.1 cm³/mol. The third-order valence-electron chi connectivity index (χ3n) is 3.14. The quantitative estimate of drug-likeness (QED) is 0.868. The van der Waals surface area contributed by atoms with E-state index in [1.165, 1.54) is 5.56 Å². The van der Waals surface area contributed by atoms with Crippen molar-refractivity contribution < 1.29 is 0 Å². The standard InChI is InChI=1S/C16H20BrN3/c1-4-8-13-14(17)16(18-5-2)20-15(19-13)12-10-7-6-9-11(12)3/h6-7,9-10H,4-5,8H2,1-3H3,(H,18,19,20). The van der Waals surface area contributed by atoms with Gasteiger partial charge in [-0.3, -0.25) is 0 Å². The second-order valence-electron chi connectivity index (χ2n) is 4.75. The molecule has 1 N–H and O–H groups in total. The van der Waals surface area contributed by atoms with Crippen molar-refractivity contribution in [1.82, 2.24) is 9.97 Å². The van der Waals surface area contributed by atoms with E-state index >= 15 is 0 Å². The minimum atomic E-state index is 0.797. The van der Waals surface area contributed by atoms with Crippen LogP contribution in [0.3, 0.4) is 0 Å². The summed E-state index contributed by atoms with van der Waals surface area (Å²) in [6.45, 7) is 7.16. The fourth-order valence-corrected chi connectivity index (χ4v) is 2.64. The van der Waals surface area contributed by atoms with Gasteiger partial charge in [0.15, 0.2) is 5.82 Å². The Labute approximate surface area is 129 Å². The molecule has 0 aliphatic heterocycles. The van der Waals surface area contributed by atoms with Crippen LogP contribution in [-0.2, 0) is 6.42 Å². The van der Waals surface area contributed by atoms with Gasteiger partial charge in [-0.15, -0.1) is 0 Å². The molecule has 106 valence electrons. The van der Waals surface area contributed by atoms with E-state index in [2.05, 4.69) is 59.1 Å². The molecule has 0 amide bonds. The lowest BCUT2D eigenvalue weighted by Gasteiger charge is -2.13. The van der Waals surface area contributed by atoms with Crippen LogP contribution in [0.2, 0.25) is 0 Å².